The molecule has 4 nitrogen and oxygen atoms in total. The van der Waals surface area contributed by atoms with Crippen LogP contribution in [-0.2, 0) is 13.6 Å². The highest BCUT2D eigenvalue weighted by Gasteiger charge is 2.09. The van der Waals surface area contributed by atoms with Gasteiger partial charge in [-0.05, 0) is 31.5 Å². The summed E-state index contributed by atoms with van der Waals surface area (Å²) < 4.78 is 15.0. The normalized spacial score (nSPS) is 12.7. The number of rotatable bonds is 4. The van der Waals surface area contributed by atoms with E-state index in [0.29, 0.717) is 6.54 Å². The molecule has 1 N–H and O–H groups in total. The van der Waals surface area contributed by atoms with Gasteiger partial charge in [0.1, 0.15) is 17.5 Å². The summed E-state index contributed by atoms with van der Waals surface area (Å²) in [6, 6.07) is 6.68. The first-order chi connectivity index (χ1) is 8.58. The van der Waals surface area contributed by atoms with Gasteiger partial charge in [0.05, 0.1) is 6.54 Å². The molecule has 2 rings (SSSR count). The van der Waals surface area contributed by atoms with Crippen LogP contribution in [0.25, 0.3) is 0 Å². The van der Waals surface area contributed by atoms with Gasteiger partial charge in [-0.2, -0.15) is 0 Å². The molecule has 0 aliphatic carbocycles. The zero-order valence-electron chi connectivity index (χ0n) is 10.8. The Bertz CT molecular complexity index is 536. The molecule has 0 bridgehead atoms. The van der Waals surface area contributed by atoms with Crippen LogP contribution in [0.1, 0.15) is 30.2 Å². The number of halogens is 1. The van der Waals surface area contributed by atoms with Crippen LogP contribution < -0.4 is 5.32 Å². The highest BCUT2D eigenvalue weighted by Crippen LogP contribution is 2.13. The fourth-order valence-electron chi connectivity index (χ4n) is 1.74. The Hall–Kier alpha value is -1.75. The number of nitrogens with one attached hydrogen (secondary N) is 1. The van der Waals surface area contributed by atoms with Crippen LogP contribution in [0, 0.1) is 12.7 Å². The SMILES string of the molecule is Cc1nnc(CNC(C)c2cccc(F)c2)n1C. The number of hydrogen-bond acceptors (Lipinski definition) is 3. The summed E-state index contributed by atoms with van der Waals surface area (Å²) in [5.41, 5.74) is 0.925. The van der Waals surface area contributed by atoms with Crippen molar-refractivity contribution in [3.05, 3.63) is 47.3 Å². The maximum Gasteiger partial charge on any atom is 0.146 e. The monoisotopic (exact) mass is 248 g/mol. The van der Waals surface area contributed by atoms with Gasteiger partial charge in [0.2, 0.25) is 0 Å². The second kappa shape index (κ2) is 5.27. The fraction of sp³-hybridized carbons (Fsp3) is 0.385. The van der Waals surface area contributed by atoms with Gasteiger partial charge in [0.25, 0.3) is 0 Å². The van der Waals surface area contributed by atoms with E-state index in [-0.39, 0.29) is 11.9 Å². The number of nitrogens with zero attached hydrogens (tertiary/aromatic N) is 3. The number of benzene rings is 1. The third-order valence-corrected chi connectivity index (χ3v) is 3.10. The molecule has 0 radical (unpaired) electrons. The maximum absolute atomic E-state index is 13.1. The molecular formula is C13H17FN4. The first-order valence-electron chi connectivity index (χ1n) is 5.91. The largest absolute Gasteiger partial charge is 0.317 e. The number of aryl methyl sites for hydroxylation is 1. The van der Waals surface area contributed by atoms with Crippen LogP contribution in [0.3, 0.4) is 0 Å². The van der Waals surface area contributed by atoms with Crippen LogP contribution >= 0.6 is 0 Å². The van der Waals surface area contributed by atoms with E-state index in [4.69, 9.17) is 0 Å². The molecule has 1 atom stereocenters. The third kappa shape index (κ3) is 2.73. The predicted octanol–water partition coefficient (Wildman–Crippen LogP) is 2.11. The minimum absolute atomic E-state index is 0.0673. The molecule has 1 unspecified atom stereocenters. The van der Waals surface area contributed by atoms with Crippen molar-refractivity contribution in [2.75, 3.05) is 0 Å². The molecule has 0 fully saturated rings. The molecule has 0 spiro atoms. The maximum atomic E-state index is 13.1. The lowest BCUT2D eigenvalue weighted by atomic mass is 10.1. The topological polar surface area (TPSA) is 42.7 Å². The molecule has 5 heteroatoms. The minimum Gasteiger partial charge on any atom is -0.317 e. The van der Waals surface area contributed by atoms with E-state index < -0.39 is 0 Å². The molecule has 18 heavy (non-hydrogen) atoms. The van der Waals surface area contributed by atoms with Crippen molar-refractivity contribution in [2.24, 2.45) is 7.05 Å². The van der Waals surface area contributed by atoms with Gasteiger partial charge in [0, 0.05) is 13.1 Å². The smallest absolute Gasteiger partial charge is 0.146 e. The number of hydrogen-bond donors (Lipinski definition) is 1. The van der Waals surface area contributed by atoms with Crippen molar-refractivity contribution in [2.45, 2.75) is 26.4 Å². The van der Waals surface area contributed by atoms with Gasteiger partial charge in [-0.25, -0.2) is 4.39 Å². The summed E-state index contributed by atoms with van der Waals surface area (Å²) >= 11 is 0. The summed E-state index contributed by atoms with van der Waals surface area (Å²) in [5, 5.41) is 11.4. The van der Waals surface area contributed by atoms with E-state index >= 15 is 0 Å². The second-order valence-corrected chi connectivity index (χ2v) is 4.38. The quantitative estimate of drug-likeness (QED) is 0.901. The van der Waals surface area contributed by atoms with Crippen molar-refractivity contribution >= 4 is 0 Å². The molecule has 1 heterocycles. The predicted molar refractivity (Wildman–Crippen MR) is 67.4 cm³/mol. The summed E-state index contributed by atoms with van der Waals surface area (Å²) in [4.78, 5) is 0. The average molecular weight is 248 g/mol. The Labute approximate surface area is 106 Å². The van der Waals surface area contributed by atoms with E-state index in [9.17, 15) is 4.39 Å². The minimum atomic E-state index is -0.212. The molecule has 2 aromatic rings. The molecule has 0 aliphatic heterocycles. The van der Waals surface area contributed by atoms with Crippen molar-refractivity contribution < 1.29 is 4.39 Å². The third-order valence-electron chi connectivity index (χ3n) is 3.10. The van der Waals surface area contributed by atoms with Crippen LogP contribution in [0.15, 0.2) is 24.3 Å². The van der Waals surface area contributed by atoms with Crippen LogP contribution in [-0.4, -0.2) is 14.8 Å². The van der Waals surface area contributed by atoms with E-state index in [1.807, 2.05) is 31.5 Å². The molecule has 0 saturated carbocycles. The zero-order chi connectivity index (χ0) is 13.1. The standard InChI is InChI=1S/C13H17FN4/c1-9(11-5-4-6-12(14)7-11)15-8-13-17-16-10(2)18(13)3/h4-7,9,15H,8H2,1-3H3. The first kappa shape index (κ1) is 12.7. The Morgan fingerprint density at radius 3 is 2.78 bits per heavy atom. The molecule has 0 amide bonds. The molecular weight excluding hydrogens is 231 g/mol. The average Bonchev–Trinajstić information content (AvgIpc) is 2.67. The Balaban J connectivity index is 2.00. The van der Waals surface area contributed by atoms with E-state index in [2.05, 4.69) is 15.5 Å². The lowest BCUT2D eigenvalue weighted by Gasteiger charge is -2.13. The van der Waals surface area contributed by atoms with Crippen LogP contribution in [0.2, 0.25) is 0 Å². The van der Waals surface area contributed by atoms with E-state index in [1.54, 1.807) is 12.1 Å². The first-order valence-corrected chi connectivity index (χ1v) is 5.91. The highest BCUT2D eigenvalue weighted by molar-refractivity contribution is 5.19. The van der Waals surface area contributed by atoms with Crippen molar-refractivity contribution in [3.63, 3.8) is 0 Å². The van der Waals surface area contributed by atoms with Gasteiger partial charge in [0.15, 0.2) is 0 Å². The van der Waals surface area contributed by atoms with Gasteiger partial charge < -0.3 is 9.88 Å². The number of aromatic nitrogens is 3. The Kier molecular flexibility index (Phi) is 3.72. The molecule has 0 aliphatic rings. The molecule has 1 aromatic carbocycles. The lowest BCUT2D eigenvalue weighted by Crippen LogP contribution is -2.20. The summed E-state index contributed by atoms with van der Waals surface area (Å²) in [7, 11) is 1.93. The van der Waals surface area contributed by atoms with Crippen LogP contribution in [0.5, 0.6) is 0 Å². The summed E-state index contributed by atoms with van der Waals surface area (Å²) in [6.07, 6.45) is 0. The second-order valence-electron chi connectivity index (χ2n) is 4.38. The van der Waals surface area contributed by atoms with E-state index in [0.717, 1.165) is 17.2 Å². The lowest BCUT2D eigenvalue weighted by molar-refractivity contribution is 0.541. The highest BCUT2D eigenvalue weighted by atomic mass is 19.1. The fourth-order valence-corrected chi connectivity index (χ4v) is 1.74. The van der Waals surface area contributed by atoms with Gasteiger partial charge in [-0.15, -0.1) is 10.2 Å². The van der Waals surface area contributed by atoms with Gasteiger partial charge in [-0.3, -0.25) is 0 Å². The van der Waals surface area contributed by atoms with E-state index in [1.165, 1.54) is 6.07 Å². The Morgan fingerprint density at radius 2 is 2.17 bits per heavy atom. The Morgan fingerprint density at radius 1 is 1.39 bits per heavy atom. The van der Waals surface area contributed by atoms with Crippen molar-refractivity contribution in [1.82, 2.24) is 20.1 Å². The molecule has 96 valence electrons. The zero-order valence-corrected chi connectivity index (χ0v) is 10.8. The summed E-state index contributed by atoms with van der Waals surface area (Å²) in [6.45, 7) is 4.51. The van der Waals surface area contributed by atoms with Crippen LogP contribution in [0.4, 0.5) is 4.39 Å². The molecule has 1 aromatic heterocycles. The van der Waals surface area contributed by atoms with Gasteiger partial charge >= 0.3 is 0 Å². The van der Waals surface area contributed by atoms with Gasteiger partial charge in [-0.1, -0.05) is 12.1 Å². The summed E-state index contributed by atoms with van der Waals surface area (Å²) in [5.74, 6) is 1.54. The van der Waals surface area contributed by atoms with Crippen molar-refractivity contribution in [3.8, 4) is 0 Å². The van der Waals surface area contributed by atoms with Crippen molar-refractivity contribution in [1.29, 1.82) is 0 Å². The molecule has 0 saturated heterocycles.